The summed E-state index contributed by atoms with van der Waals surface area (Å²) in [6.07, 6.45) is 1.70. The summed E-state index contributed by atoms with van der Waals surface area (Å²) in [7, 11) is 1.62. The lowest BCUT2D eigenvalue weighted by molar-refractivity contribution is 0.723. The molecule has 0 radical (unpaired) electrons. The Balaban J connectivity index is 1.79. The van der Waals surface area contributed by atoms with Crippen LogP contribution in [0.25, 0.3) is 22.7 Å². The quantitative estimate of drug-likeness (QED) is 0.595. The summed E-state index contributed by atoms with van der Waals surface area (Å²) >= 11 is 0. The normalized spacial score (nSPS) is 11.3. The predicted molar refractivity (Wildman–Crippen MR) is 93.1 cm³/mol. The van der Waals surface area contributed by atoms with E-state index < -0.39 is 0 Å². The molecule has 8 nitrogen and oxygen atoms in total. The number of rotatable bonds is 2. The summed E-state index contributed by atoms with van der Waals surface area (Å²) in [5, 5.41) is 4.13. The summed E-state index contributed by atoms with van der Waals surface area (Å²) in [5.41, 5.74) is 2.71. The first-order chi connectivity index (χ1) is 11.9. The molecule has 0 fully saturated rings. The van der Waals surface area contributed by atoms with Crippen molar-refractivity contribution in [2.24, 2.45) is 7.05 Å². The highest BCUT2D eigenvalue weighted by molar-refractivity contribution is 5.62. The molecule has 0 aliphatic heterocycles. The summed E-state index contributed by atoms with van der Waals surface area (Å²) in [6.45, 7) is 3.60. The van der Waals surface area contributed by atoms with Crippen LogP contribution in [0.5, 0.6) is 0 Å². The van der Waals surface area contributed by atoms with Crippen molar-refractivity contribution in [1.82, 2.24) is 28.7 Å². The number of H-pyrrole nitrogens is 1. The average molecular weight is 336 g/mol. The highest BCUT2D eigenvalue weighted by Crippen LogP contribution is 2.20. The minimum Gasteiger partial charge on any atom is -0.329 e. The Morgan fingerprint density at radius 3 is 2.44 bits per heavy atom. The average Bonchev–Trinajstić information content (AvgIpc) is 3.09. The van der Waals surface area contributed by atoms with Gasteiger partial charge in [-0.15, -0.1) is 0 Å². The number of aryl methyl sites for hydroxylation is 3. The second kappa shape index (κ2) is 5.30. The van der Waals surface area contributed by atoms with E-state index in [1.54, 1.807) is 24.7 Å². The molecule has 0 saturated carbocycles. The zero-order chi connectivity index (χ0) is 17.7. The van der Waals surface area contributed by atoms with Gasteiger partial charge in [0.05, 0.1) is 11.4 Å². The van der Waals surface area contributed by atoms with E-state index in [-0.39, 0.29) is 11.2 Å². The Hall–Kier alpha value is -3.42. The number of aromatic nitrogens is 6. The standard InChI is InChI=1S/C17H16N6O2/c1-10-8-15(24)22-9-14(19-16(22)18-10)12-4-6-13(7-5-12)23-11(2)20-21(3)17(23)25/h4-9H,1-3H3,(H,18,19). The Morgan fingerprint density at radius 1 is 1.08 bits per heavy atom. The fourth-order valence-corrected chi connectivity index (χ4v) is 2.91. The van der Waals surface area contributed by atoms with Gasteiger partial charge in [0.15, 0.2) is 0 Å². The topological polar surface area (TPSA) is 90.0 Å². The van der Waals surface area contributed by atoms with Crippen LogP contribution in [0.2, 0.25) is 0 Å². The highest BCUT2D eigenvalue weighted by Gasteiger charge is 2.11. The third-order valence-corrected chi connectivity index (χ3v) is 4.10. The molecule has 3 heterocycles. The monoisotopic (exact) mass is 336 g/mol. The maximum Gasteiger partial charge on any atom is 0.350 e. The van der Waals surface area contributed by atoms with Crippen LogP contribution in [0.1, 0.15) is 11.5 Å². The smallest absolute Gasteiger partial charge is 0.329 e. The van der Waals surface area contributed by atoms with E-state index in [2.05, 4.69) is 15.1 Å². The molecule has 0 spiro atoms. The number of hydrogen-bond acceptors (Lipinski definition) is 4. The van der Waals surface area contributed by atoms with Crippen LogP contribution in [0.3, 0.4) is 0 Å². The molecule has 0 amide bonds. The minimum absolute atomic E-state index is 0.126. The van der Waals surface area contributed by atoms with Crippen LogP contribution in [0.15, 0.2) is 46.1 Å². The predicted octanol–water partition coefficient (Wildman–Crippen LogP) is 1.19. The van der Waals surface area contributed by atoms with Gasteiger partial charge < -0.3 is 4.98 Å². The zero-order valence-corrected chi connectivity index (χ0v) is 14.0. The summed E-state index contributed by atoms with van der Waals surface area (Å²) < 4.78 is 4.33. The van der Waals surface area contributed by atoms with Crippen LogP contribution < -0.4 is 11.2 Å². The van der Waals surface area contributed by atoms with Gasteiger partial charge in [0.1, 0.15) is 5.82 Å². The molecule has 3 aromatic heterocycles. The number of fused-ring (bicyclic) bond motifs is 1. The van der Waals surface area contributed by atoms with Gasteiger partial charge in [-0.3, -0.25) is 9.20 Å². The van der Waals surface area contributed by atoms with Gasteiger partial charge in [0.25, 0.3) is 5.56 Å². The number of aromatic amines is 1. The Bertz CT molecular complexity index is 1210. The maximum atomic E-state index is 12.1. The first kappa shape index (κ1) is 15.1. The maximum absolute atomic E-state index is 12.1. The molecule has 25 heavy (non-hydrogen) atoms. The van der Waals surface area contributed by atoms with E-state index in [1.807, 2.05) is 31.2 Å². The van der Waals surface area contributed by atoms with E-state index in [1.165, 1.54) is 15.1 Å². The van der Waals surface area contributed by atoms with Gasteiger partial charge in [0, 0.05) is 30.6 Å². The van der Waals surface area contributed by atoms with E-state index in [9.17, 15) is 9.59 Å². The fraction of sp³-hybridized carbons (Fsp3) is 0.176. The van der Waals surface area contributed by atoms with Crippen LogP contribution in [0, 0.1) is 13.8 Å². The molecule has 126 valence electrons. The Morgan fingerprint density at radius 2 is 1.80 bits per heavy atom. The lowest BCUT2D eigenvalue weighted by atomic mass is 10.1. The van der Waals surface area contributed by atoms with Crippen LogP contribution in [0.4, 0.5) is 0 Å². The zero-order valence-electron chi connectivity index (χ0n) is 14.0. The number of hydrogen-bond donors (Lipinski definition) is 1. The van der Waals surface area contributed by atoms with Gasteiger partial charge in [-0.1, -0.05) is 12.1 Å². The van der Waals surface area contributed by atoms with Crippen molar-refractivity contribution in [3.05, 3.63) is 68.9 Å². The lowest BCUT2D eigenvalue weighted by Gasteiger charge is -2.03. The van der Waals surface area contributed by atoms with E-state index in [0.717, 1.165) is 16.9 Å². The molecule has 4 aromatic rings. The summed E-state index contributed by atoms with van der Waals surface area (Å²) in [5.74, 6) is 1.12. The molecule has 4 rings (SSSR count). The lowest BCUT2D eigenvalue weighted by Crippen LogP contribution is -2.21. The summed E-state index contributed by atoms with van der Waals surface area (Å²) in [6, 6.07) is 8.94. The highest BCUT2D eigenvalue weighted by atomic mass is 16.2. The van der Waals surface area contributed by atoms with Gasteiger partial charge in [-0.2, -0.15) is 5.10 Å². The Kier molecular flexibility index (Phi) is 3.21. The van der Waals surface area contributed by atoms with Crippen LogP contribution in [-0.4, -0.2) is 28.7 Å². The number of imidazole rings is 1. The second-order valence-electron chi connectivity index (χ2n) is 5.95. The molecule has 1 N–H and O–H groups in total. The van der Waals surface area contributed by atoms with Crippen molar-refractivity contribution in [1.29, 1.82) is 0 Å². The summed E-state index contributed by atoms with van der Waals surface area (Å²) in [4.78, 5) is 31.7. The van der Waals surface area contributed by atoms with Crippen molar-refractivity contribution in [3.8, 4) is 16.9 Å². The molecular weight excluding hydrogens is 320 g/mol. The molecule has 1 aromatic carbocycles. The Labute approximate surface area is 142 Å². The van der Waals surface area contributed by atoms with Gasteiger partial charge in [-0.25, -0.2) is 19.0 Å². The second-order valence-corrected chi connectivity index (χ2v) is 5.95. The molecule has 0 bridgehead atoms. The number of nitrogens with zero attached hydrogens (tertiary/aromatic N) is 5. The molecule has 0 unspecified atom stereocenters. The van der Waals surface area contributed by atoms with Crippen molar-refractivity contribution in [2.75, 3.05) is 0 Å². The first-order valence-electron chi connectivity index (χ1n) is 7.76. The largest absolute Gasteiger partial charge is 0.350 e. The van der Waals surface area contributed by atoms with E-state index in [0.29, 0.717) is 17.3 Å². The van der Waals surface area contributed by atoms with Crippen LogP contribution in [-0.2, 0) is 7.05 Å². The molecule has 0 atom stereocenters. The third-order valence-electron chi connectivity index (χ3n) is 4.10. The van der Waals surface area contributed by atoms with Crippen molar-refractivity contribution < 1.29 is 0 Å². The van der Waals surface area contributed by atoms with Gasteiger partial charge >= 0.3 is 5.69 Å². The number of nitrogens with one attached hydrogen (secondary N) is 1. The molecule has 0 aliphatic carbocycles. The van der Waals surface area contributed by atoms with Crippen molar-refractivity contribution in [3.63, 3.8) is 0 Å². The SMILES string of the molecule is Cc1cc(=O)n2cc(-c3ccc(-n4c(C)nn(C)c4=O)cc3)nc2[nH]1. The fourth-order valence-electron chi connectivity index (χ4n) is 2.91. The van der Waals surface area contributed by atoms with Gasteiger partial charge in [-0.05, 0) is 26.0 Å². The molecule has 0 aliphatic rings. The van der Waals surface area contributed by atoms with Crippen molar-refractivity contribution in [2.45, 2.75) is 13.8 Å². The first-order valence-corrected chi connectivity index (χ1v) is 7.76. The molecule has 0 saturated heterocycles. The third kappa shape index (κ3) is 2.38. The van der Waals surface area contributed by atoms with E-state index >= 15 is 0 Å². The van der Waals surface area contributed by atoms with E-state index in [4.69, 9.17) is 0 Å². The van der Waals surface area contributed by atoms with Gasteiger partial charge in [0.2, 0.25) is 5.78 Å². The minimum atomic E-state index is -0.195. The van der Waals surface area contributed by atoms with Crippen LogP contribution >= 0.6 is 0 Å². The molecule has 8 heteroatoms. The molecular formula is C17H16N6O2. The number of benzene rings is 1. The van der Waals surface area contributed by atoms with Crippen molar-refractivity contribution >= 4 is 5.78 Å².